The van der Waals surface area contributed by atoms with Crippen LogP contribution in [0.2, 0.25) is 0 Å². The quantitative estimate of drug-likeness (QED) is 0.0108. The number of aryl methyl sites for hydroxylation is 3. The molecule has 0 amide bonds. The first-order chi connectivity index (χ1) is 57.8. The topological polar surface area (TPSA) is 331 Å². The summed E-state index contributed by atoms with van der Waals surface area (Å²) in [6, 6.07) is 45.4. The van der Waals surface area contributed by atoms with Gasteiger partial charge in [-0.2, -0.15) is 0 Å². The van der Waals surface area contributed by atoms with Gasteiger partial charge in [-0.05, 0) is 172 Å². The van der Waals surface area contributed by atoms with Crippen LogP contribution < -0.4 is 14.1 Å². The van der Waals surface area contributed by atoms with Gasteiger partial charge in [-0.1, -0.05) is 102 Å². The molecule has 32 heteroatoms. The molecule has 0 unspecified atom stereocenters. The molecule has 14 aromatic rings. The molecule has 1 N–H and O–H groups in total. The van der Waals surface area contributed by atoms with Gasteiger partial charge in [0.05, 0.1) is 84.9 Å². The molecule has 1 radical (unpaired) electrons. The number of rotatable bonds is 20. The van der Waals surface area contributed by atoms with Crippen LogP contribution in [0, 0.1) is 68.0 Å². The van der Waals surface area contributed by atoms with Crippen LogP contribution in [0.5, 0.6) is 17.2 Å². The van der Waals surface area contributed by atoms with E-state index in [4.69, 9.17) is 60.3 Å². The number of furan rings is 5. The molecule has 14 rings (SSSR count). The average Bonchev–Trinajstić information content (AvgIpc) is 1.61. The van der Waals surface area contributed by atoms with Crippen molar-refractivity contribution in [2.24, 2.45) is 0 Å². The summed E-state index contributed by atoms with van der Waals surface area (Å²) in [6.07, 6.45) is 1.07. The van der Waals surface area contributed by atoms with E-state index in [1.165, 1.54) is 85.1 Å². The Labute approximate surface area is 713 Å². The van der Waals surface area contributed by atoms with Gasteiger partial charge >= 0.3 is 43.2 Å². The van der Waals surface area contributed by atoms with Crippen molar-refractivity contribution in [3.8, 4) is 51.2 Å². The number of para-hydroxylation sites is 1. The highest BCUT2D eigenvalue weighted by molar-refractivity contribution is 14.1. The van der Waals surface area contributed by atoms with Crippen molar-refractivity contribution in [3.63, 3.8) is 0 Å². The van der Waals surface area contributed by atoms with Crippen LogP contribution in [0.15, 0.2) is 204 Å². The number of ether oxygens (including phenoxy) is 7. The lowest BCUT2D eigenvalue weighted by atomic mass is 10.0. The van der Waals surface area contributed by atoms with Gasteiger partial charge < -0.3 is 64.9 Å². The number of methoxy groups -OCH3 is 1. The van der Waals surface area contributed by atoms with Crippen LogP contribution in [-0.4, -0.2) is 103 Å². The third-order valence-corrected chi connectivity index (χ3v) is 17.5. The first kappa shape index (κ1) is 93.7. The zero-order valence-electron chi connectivity index (χ0n) is 67.7. The molecule has 9 aromatic carbocycles. The number of hydrogen-bond acceptors (Lipinski definition) is 23. The zero-order chi connectivity index (χ0) is 88.5. The second-order valence-corrected chi connectivity index (χ2v) is 28.8. The monoisotopic (exact) mass is 1840 g/mol. The maximum Gasteiger partial charge on any atom is 0.569 e. The van der Waals surface area contributed by atoms with Crippen molar-refractivity contribution in [1.29, 1.82) is 0 Å². The molecule has 0 atom stereocenters. The van der Waals surface area contributed by atoms with Crippen LogP contribution in [0.3, 0.4) is 0 Å². The minimum atomic E-state index is -0.719. The van der Waals surface area contributed by atoms with Crippen LogP contribution >= 0.6 is 38.5 Å². The molecule has 0 fully saturated rings. The number of fused-ring (bicyclic) bond motifs is 5. The predicted octanol–water partition coefficient (Wildman–Crippen LogP) is 23.1. The Hall–Kier alpha value is -12.8. The van der Waals surface area contributed by atoms with Crippen molar-refractivity contribution < 1.29 is 116 Å². The van der Waals surface area contributed by atoms with Crippen LogP contribution in [-0.2, 0) is 23.7 Å². The maximum absolute atomic E-state index is 14.3. The van der Waals surface area contributed by atoms with Crippen LogP contribution in [0.4, 0.5) is 28.9 Å². The number of nitrogens with zero attached hydrogens (tertiary/aromatic N) is 2. The lowest BCUT2D eigenvalue weighted by molar-refractivity contribution is -0.385. The highest BCUT2D eigenvalue weighted by atomic mass is 127. The summed E-state index contributed by atoms with van der Waals surface area (Å²) in [5.74, 6) is -3.88. The van der Waals surface area contributed by atoms with E-state index in [9.17, 15) is 61.8 Å². The van der Waals surface area contributed by atoms with Gasteiger partial charge in [0.1, 0.15) is 90.9 Å². The second-order valence-electron chi connectivity index (χ2n) is 26.0. The molecule has 0 bridgehead atoms. The maximum atomic E-state index is 14.3. The number of carbonyl (C=O) groups is 5. The summed E-state index contributed by atoms with van der Waals surface area (Å²) in [5.41, 5.74) is 5.72. The normalized spacial score (nSPS) is 10.6. The Bertz CT molecular complexity index is 6030. The number of halogens is 6. The SMILES string of the molecule is CC(C)Br.CCOC(=O)c1c(-c2ccccc2F)oc2cc([N+](=O)[O-])c(C)cc12.CCOC(=O)c1c(-c2ccccc2F)oc2cc([N+](=O)[O-])c(OC(C)C)cc12.CCOC(=O)c1c(-c2ccccc2F)oc2ccc(C)cc12.CCOC(=O)c1c(I)oc2ccc(C)cc12.CCOC(=O)c1coc2ccc(OC)cc12.O[B]Oc1ccccc1F. The van der Waals surface area contributed by atoms with Crippen molar-refractivity contribution in [2.75, 3.05) is 40.1 Å². The Morgan fingerprint density at radius 1 is 0.463 bits per heavy atom. The molecule has 121 heavy (non-hydrogen) atoms. The van der Waals surface area contributed by atoms with Gasteiger partial charge in [-0.15, -0.1) is 0 Å². The van der Waals surface area contributed by atoms with Crippen molar-refractivity contribution in [2.45, 2.75) is 94.0 Å². The second kappa shape index (κ2) is 44.3. The first-order valence-corrected chi connectivity index (χ1v) is 39.4. The lowest BCUT2D eigenvalue weighted by Crippen LogP contribution is -2.08. The largest absolute Gasteiger partial charge is 0.569 e. The summed E-state index contributed by atoms with van der Waals surface area (Å²) < 4.78 is 124. The lowest BCUT2D eigenvalue weighted by Gasteiger charge is -2.10. The number of alkyl halides is 1. The van der Waals surface area contributed by atoms with Crippen molar-refractivity contribution in [3.05, 3.63) is 274 Å². The molecule has 0 aliphatic heterocycles. The summed E-state index contributed by atoms with van der Waals surface area (Å²) >= 11 is 5.28. The molecule has 0 aliphatic carbocycles. The molecular weight excluding hydrogens is 1760 g/mol. The Morgan fingerprint density at radius 2 is 0.843 bits per heavy atom. The van der Waals surface area contributed by atoms with Gasteiger partial charge in [-0.3, -0.25) is 20.2 Å². The van der Waals surface area contributed by atoms with Gasteiger partial charge in [0.25, 0.3) is 5.69 Å². The van der Waals surface area contributed by atoms with Gasteiger partial charge in [0.15, 0.2) is 32.6 Å². The summed E-state index contributed by atoms with van der Waals surface area (Å²) in [6.45, 7) is 22.8. The first-order valence-electron chi connectivity index (χ1n) is 37.4. The predicted molar refractivity (Wildman–Crippen MR) is 459 cm³/mol. The minimum absolute atomic E-state index is 0.00792. The third kappa shape index (κ3) is 23.8. The fraction of sp³-hybridized carbons (Fsp3) is 0.225. The smallest absolute Gasteiger partial charge is 0.535 e. The van der Waals surface area contributed by atoms with E-state index in [1.54, 1.807) is 129 Å². The number of nitro groups is 2. The highest BCUT2D eigenvalue weighted by Crippen LogP contribution is 2.43. The van der Waals surface area contributed by atoms with Crippen LogP contribution in [0.25, 0.3) is 88.8 Å². The molecule has 25 nitrogen and oxygen atoms in total. The van der Waals surface area contributed by atoms with E-state index >= 15 is 0 Å². The molecule has 0 spiro atoms. The molecule has 631 valence electrons. The Balaban J connectivity index is 0.000000183. The fourth-order valence-corrected chi connectivity index (χ4v) is 12.4. The van der Waals surface area contributed by atoms with Gasteiger partial charge in [0.2, 0.25) is 0 Å². The fourth-order valence-electron chi connectivity index (χ4n) is 11.6. The Kier molecular flexibility index (Phi) is 34.3. The molecule has 5 heterocycles. The summed E-state index contributed by atoms with van der Waals surface area (Å²) in [7, 11) is 2.02. The average molecular weight is 1840 g/mol. The molecule has 0 saturated carbocycles. The number of nitro benzene ring substituents is 2. The van der Waals surface area contributed by atoms with Gasteiger partial charge in [0, 0.05) is 59.9 Å². The third-order valence-electron chi connectivity index (χ3n) is 16.7. The number of carbonyl (C=O) groups excluding carboxylic acids is 5. The van der Waals surface area contributed by atoms with E-state index in [1.807, 2.05) is 66.8 Å². The molecule has 0 saturated heterocycles. The van der Waals surface area contributed by atoms with E-state index in [2.05, 4.69) is 34.4 Å². The number of benzene rings is 9. The van der Waals surface area contributed by atoms with E-state index < -0.39 is 51.0 Å². The van der Waals surface area contributed by atoms with E-state index in [0.717, 1.165) is 22.1 Å². The molecular formula is C89H82BBrF4IN2O23. The van der Waals surface area contributed by atoms with E-state index in [0.29, 0.717) is 79.3 Å². The van der Waals surface area contributed by atoms with Gasteiger partial charge in [-0.25, -0.2) is 41.5 Å². The summed E-state index contributed by atoms with van der Waals surface area (Å²) in [4.78, 5) is 82.8. The standard InChI is InChI=1S/C20H18FNO6.C18H14FNO5.C18H15FO3.C12H11IO3.C12H12O4.C6H5BFO2.C3H7Br/c1-4-26-20(23)18-13-9-17(27-11(2)3)15(22(24)25)10-16(13)28-19(18)12-7-5-6-8-14(12)21;1-3-24-18(21)16-12-8-10(2)14(20(22)23)9-15(12)25-17(16)11-6-4-5-7-13(11)19;1-3-21-18(20)16-13-10-11(2)8-9-15(13)22-17(16)12-6-4-5-7-14(12)19;1-3-15-12(14)10-8-6-7(2)4-5-9(8)16-11(10)13;1-3-15-12(13)10-7-16-11-5-4-8(14-2)6-9(10)11;8-5-3-1-2-4-6(5)10-7-9;1-3(2)4/h5-11H,4H2,1-3H3;4-9H,3H2,1-2H3;4-10H,3H2,1-2H3;4-6H,3H2,1-2H3;4-7H,3H2,1-2H3;1-4,9H;3H,1-2H3. The summed E-state index contributed by atoms with van der Waals surface area (Å²) in [5, 5.41) is 33.5. The van der Waals surface area contributed by atoms with Crippen molar-refractivity contribution >= 4 is 142 Å². The van der Waals surface area contributed by atoms with Crippen LogP contribution in [0.1, 0.15) is 131 Å². The molecule has 5 aromatic heterocycles. The number of esters is 5. The molecule has 0 aliphatic rings. The van der Waals surface area contributed by atoms with E-state index in [-0.39, 0.29) is 128 Å². The number of hydrogen-bond donors (Lipinski definition) is 1. The Morgan fingerprint density at radius 3 is 1.26 bits per heavy atom. The minimum Gasteiger partial charge on any atom is -0.535 e. The van der Waals surface area contributed by atoms with Crippen molar-refractivity contribution in [1.82, 2.24) is 0 Å². The zero-order valence-corrected chi connectivity index (χ0v) is 71.4. The highest BCUT2D eigenvalue weighted by Gasteiger charge is 2.32.